The molecule has 18 heteroatoms. The summed E-state index contributed by atoms with van der Waals surface area (Å²) in [5.41, 5.74) is 0. The van der Waals surface area contributed by atoms with E-state index >= 15 is 0 Å². The van der Waals surface area contributed by atoms with Gasteiger partial charge in [-0.1, -0.05) is 414 Å². The second kappa shape index (κ2) is 86.5. The number of amides is 2. The summed E-state index contributed by atoms with van der Waals surface area (Å²) in [5.74, 6) is 1.04. The van der Waals surface area contributed by atoms with Gasteiger partial charge in [0.2, 0.25) is 11.8 Å². The summed E-state index contributed by atoms with van der Waals surface area (Å²) in [5, 5.41) is 6.15. The Morgan fingerprint density at radius 3 is 0.702 bits per heavy atom. The Labute approximate surface area is 692 Å². The molecule has 0 aromatic rings. The maximum atomic E-state index is 13.3. The van der Waals surface area contributed by atoms with Crippen LogP contribution < -0.4 is 69.7 Å². The van der Waals surface area contributed by atoms with Gasteiger partial charge in [0.05, 0.1) is 51.7 Å². The molecule has 0 aromatic carbocycles. The molecule has 0 radical (unpaired) electrons. The first-order chi connectivity index (χ1) is 49.8. The minimum atomic E-state index is -4.40. The van der Waals surface area contributed by atoms with Gasteiger partial charge in [0.25, 0.3) is 0 Å². The van der Waals surface area contributed by atoms with Gasteiger partial charge in [-0.05, 0) is 50.4 Å². The van der Waals surface area contributed by atoms with Crippen LogP contribution in [-0.4, -0.2) is 86.5 Å². The van der Waals surface area contributed by atoms with E-state index in [2.05, 4.69) is 52.2 Å². The van der Waals surface area contributed by atoms with Crippen LogP contribution in [0.2, 0.25) is 0 Å². The monoisotopic (exact) mass is 1540 g/mol. The Bertz CT molecular complexity index is 1720. The Balaban J connectivity index is -0.00000850. The molecule has 104 heavy (non-hydrogen) atoms. The topological polar surface area (TPSA) is 188 Å². The van der Waals surface area contributed by atoms with Gasteiger partial charge in [0, 0.05) is 26.1 Å². The number of rotatable bonds is 87. The Kier molecular flexibility index (Phi) is 90.8. The van der Waals surface area contributed by atoms with E-state index in [0.29, 0.717) is 50.7 Å². The standard InChI is InChI=1S/C86H174N2O12P2.2Na.2H/c1-7-13-19-25-29-33-37-41-45-53-61-69-85(89)87-83(77-95-75-71-81(65-57-49-23-17-11-5)67-59-51-43-39-35-31-27-21-15-9-3)79-99-101(91,92)97-73-63-55-47-48-56-64-74-98-102(93,94)100-80-84(88-86(90)70-62-54-46-42-38-34-30-26-20-14-8-2)78-96-76-72-82(66-58-50-24-18-12-6)68-60-52-44-40-36-32-28-22-16-10-4;;;;/h81-84H,7-80H2,1-6H3,(H,87,89)(H,88,90)(H,91,92)(H,93,94);;;;/q;2*+1;2*-1/t81-,82-,83?,84?;;;;/m0..../s1. The first kappa shape index (κ1) is 109. The largest absolute Gasteiger partial charge is 1.00 e. The van der Waals surface area contributed by atoms with Crippen LogP contribution in [0.5, 0.6) is 0 Å². The van der Waals surface area contributed by atoms with E-state index in [1.54, 1.807) is 0 Å². The Morgan fingerprint density at radius 2 is 0.471 bits per heavy atom. The zero-order chi connectivity index (χ0) is 74.4. The van der Waals surface area contributed by atoms with E-state index in [4.69, 9.17) is 27.6 Å². The van der Waals surface area contributed by atoms with Crippen LogP contribution in [0, 0.1) is 11.8 Å². The van der Waals surface area contributed by atoms with Crippen molar-refractivity contribution in [3.63, 3.8) is 0 Å². The normalized spacial score (nSPS) is 14.0. The number of carbonyl (C=O) groups is 2. The van der Waals surface area contributed by atoms with Crippen molar-refractivity contribution in [1.29, 1.82) is 0 Å². The van der Waals surface area contributed by atoms with Crippen molar-refractivity contribution < 1.29 is 118 Å². The van der Waals surface area contributed by atoms with Gasteiger partial charge in [0.1, 0.15) is 0 Å². The van der Waals surface area contributed by atoms with Crippen molar-refractivity contribution in [3.8, 4) is 0 Å². The maximum absolute atomic E-state index is 13.3. The zero-order valence-corrected chi connectivity index (χ0v) is 76.3. The Morgan fingerprint density at radius 1 is 0.269 bits per heavy atom. The molecule has 0 fully saturated rings. The predicted octanol–water partition coefficient (Wildman–Crippen LogP) is 21.6. The van der Waals surface area contributed by atoms with E-state index in [0.717, 1.165) is 77.0 Å². The second-order valence-electron chi connectivity index (χ2n) is 31.2. The van der Waals surface area contributed by atoms with Crippen molar-refractivity contribution in [2.75, 3.05) is 52.9 Å². The van der Waals surface area contributed by atoms with Crippen LogP contribution in [0.15, 0.2) is 0 Å². The fraction of sp³-hybridized carbons (Fsp3) is 0.977. The van der Waals surface area contributed by atoms with Crippen LogP contribution in [-0.2, 0) is 46.3 Å². The summed E-state index contributed by atoms with van der Waals surface area (Å²) in [6.45, 7) is 14.9. The SMILES string of the molecule is CCCCCCCCCCCCCC(=O)NC(COCC[C@@H](CCCCCCC)CCCCCCCCCCCC)COP(=O)(O)OCCCCCCCCOP(=O)(O)OCC(COCC[C@@H](CCCCCCC)CCCCCCCCCCCC)NC(=O)CCCCCCCCCCCCC.[H-].[H-].[Na+].[Na+]. The third-order valence-corrected chi connectivity index (χ3v) is 23.0. The first-order valence-corrected chi connectivity index (χ1v) is 47.8. The van der Waals surface area contributed by atoms with Crippen molar-refractivity contribution in [1.82, 2.24) is 10.6 Å². The molecule has 0 heterocycles. The number of hydrogen-bond acceptors (Lipinski definition) is 10. The molecule has 614 valence electrons. The molecule has 0 bridgehead atoms. The average Bonchev–Trinajstić information content (AvgIpc) is 0.920. The van der Waals surface area contributed by atoms with Gasteiger partial charge in [-0.3, -0.25) is 27.7 Å². The number of carbonyl (C=O) groups excluding carboxylic acids is 2. The van der Waals surface area contributed by atoms with E-state index in [1.807, 2.05) is 0 Å². The third-order valence-electron chi connectivity index (χ3n) is 21.0. The molecule has 0 aromatic heterocycles. The molecule has 2 amide bonds. The first-order valence-electron chi connectivity index (χ1n) is 44.8. The van der Waals surface area contributed by atoms with Crippen molar-refractivity contribution >= 4 is 27.5 Å². The molecule has 6 atom stereocenters. The van der Waals surface area contributed by atoms with Gasteiger partial charge >= 0.3 is 74.8 Å². The zero-order valence-electron chi connectivity index (χ0n) is 72.5. The summed E-state index contributed by atoms with van der Waals surface area (Å²) in [6.07, 6.45) is 78.0. The quantitative estimate of drug-likeness (QED) is 0.0257. The molecule has 4 N–H and O–H groups in total. The minimum absolute atomic E-state index is 0. The van der Waals surface area contributed by atoms with Crippen molar-refractivity contribution in [3.05, 3.63) is 0 Å². The van der Waals surface area contributed by atoms with Crippen molar-refractivity contribution in [2.24, 2.45) is 11.8 Å². The maximum Gasteiger partial charge on any atom is 1.00 e. The molecule has 0 aliphatic rings. The molecule has 0 saturated heterocycles. The molecular formula is C86H176N2Na2O12P2. The molecule has 0 aliphatic heterocycles. The van der Waals surface area contributed by atoms with E-state index in [-0.39, 0.29) is 113 Å². The second-order valence-corrected chi connectivity index (χ2v) is 34.1. The van der Waals surface area contributed by atoms with E-state index in [1.165, 1.54) is 321 Å². The molecule has 0 saturated carbocycles. The van der Waals surface area contributed by atoms with Crippen LogP contribution in [0.4, 0.5) is 0 Å². The molecular weight excluding hydrogens is 1360 g/mol. The molecule has 0 spiro atoms. The van der Waals surface area contributed by atoms with E-state index < -0.39 is 27.7 Å². The predicted molar refractivity (Wildman–Crippen MR) is 437 cm³/mol. The van der Waals surface area contributed by atoms with Crippen LogP contribution >= 0.6 is 15.6 Å². The number of phosphoric ester groups is 2. The van der Waals surface area contributed by atoms with Gasteiger partial charge in [-0.2, -0.15) is 0 Å². The molecule has 0 aliphatic carbocycles. The summed E-state index contributed by atoms with van der Waals surface area (Å²) >= 11 is 0. The summed E-state index contributed by atoms with van der Waals surface area (Å²) in [6, 6.07) is -1.16. The van der Waals surface area contributed by atoms with Crippen molar-refractivity contribution in [2.45, 2.75) is 477 Å². The molecule has 4 unspecified atom stereocenters. The minimum Gasteiger partial charge on any atom is -1.00 e. The summed E-state index contributed by atoms with van der Waals surface area (Å²) < 4.78 is 61.0. The van der Waals surface area contributed by atoms with Crippen LogP contribution in [0.25, 0.3) is 0 Å². The molecule has 0 rings (SSSR count). The number of phosphoric acid groups is 2. The van der Waals surface area contributed by atoms with Gasteiger partial charge in [0.15, 0.2) is 0 Å². The number of nitrogens with one attached hydrogen (secondary N) is 2. The Hall–Kier alpha value is 1.08. The fourth-order valence-electron chi connectivity index (χ4n) is 14.2. The van der Waals surface area contributed by atoms with Gasteiger partial charge in [-0.15, -0.1) is 0 Å². The summed E-state index contributed by atoms with van der Waals surface area (Å²) in [4.78, 5) is 48.2. The molecule has 14 nitrogen and oxygen atoms in total. The number of hydrogen-bond donors (Lipinski definition) is 4. The average molecular weight is 1540 g/mol. The van der Waals surface area contributed by atoms with E-state index in [9.17, 15) is 28.5 Å². The van der Waals surface area contributed by atoms with Gasteiger partial charge in [-0.25, -0.2) is 9.13 Å². The fourth-order valence-corrected chi connectivity index (χ4v) is 15.8. The van der Waals surface area contributed by atoms with Crippen LogP contribution in [0.3, 0.4) is 0 Å². The summed E-state index contributed by atoms with van der Waals surface area (Å²) in [7, 11) is -8.81. The number of unbranched alkanes of at least 4 members (excludes halogenated alkanes) is 51. The van der Waals surface area contributed by atoms with Crippen LogP contribution in [0.1, 0.15) is 468 Å². The number of ether oxygens (including phenoxy) is 2. The smallest absolute Gasteiger partial charge is 1.00 e. The third kappa shape index (κ3) is 82.5. The van der Waals surface area contributed by atoms with Gasteiger partial charge < -0.3 is 32.7 Å².